The minimum absolute atomic E-state index is 0.0317. The van der Waals surface area contributed by atoms with E-state index in [2.05, 4.69) is 10.2 Å². The first-order valence-corrected chi connectivity index (χ1v) is 6.97. The molecule has 1 aliphatic rings. The van der Waals surface area contributed by atoms with E-state index in [0.717, 1.165) is 25.1 Å². The Balaban J connectivity index is 1.83. The average molecular weight is 265 g/mol. The van der Waals surface area contributed by atoms with Crippen LogP contribution in [0, 0.1) is 0 Å². The van der Waals surface area contributed by atoms with E-state index in [9.17, 15) is 4.79 Å². The SMILES string of the molecule is CC(NC(=O)CN1CCCCC1CN)c1ccco1. The van der Waals surface area contributed by atoms with Crippen molar-refractivity contribution in [3.63, 3.8) is 0 Å². The summed E-state index contributed by atoms with van der Waals surface area (Å²) in [5.74, 6) is 0.812. The van der Waals surface area contributed by atoms with Crippen LogP contribution in [0.4, 0.5) is 0 Å². The number of hydrogen-bond donors (Lipinski definition) is 2. The van der Waals surface area contributed by atoms with E-state index >= 15 is 0 Å². The molecule has 19 heavy (non-hydrogen) atoms. The van der Waals surface area contributed by atoms with E-state index in [-0.39, 0.29) is 11.9 Å². The molecule has 1 aromatic heterocycles. The van der Waals surface area contributed by atoms with Crippen LogP contribution in [0.1, 0.15) is 38.0 Å². The second kappa shape index (κ2) is 6.73. The molecule has 106 valence electrons. The number of nitrogens with zero attached hydrogens (tertiary/aromatic N) is 1. The van der Waals surface area contributed by atoms with Crippen LogP contribution < -0.4 is 11.1 Å². The number of rotatable bonds is 5. The van der Waals surface area contributed by atoms with Crippen LogP contribution in [-0.2, 0) is 4.79 Å². The highest BCUT2D eigenvalue weighted by Gasteiger charge is 2.23. The highest BCUT2D eigenvalue weighted by molar-refractivity contribution is 5.78. The first-order valence-electron chi connectivity index (χ1n) is 6.97. The number of furan rings is 1. The maximum absolute atomic E-state index is 12.0. The van der Waals surface area contributed by atoms with Gasteiger partial charge in [0.2, 0.25) is 5.91 Å². The van der Waals surface area contributed by atoms with Crippen LogP contribution in [0.5, 0.6) is 0 Å². The molecule has 2 atom stereocenters. The van der Waals surface area contributed by atoms with E-state index in [1.807, 2.05) is 19.1 Å². The van der Waals surface area contributed by atoms with Gasteiger partial charge in [0.25, 0.3) is 0 Å². The average Bonchev–Trinajstić information content (AvgIpc) is 2.93. The van der Waals surface area contributed by atoms with Gasteiger partial charge in [-0.3, -0.25) is 9.69 Å². The molecule has 0 spiro atoms. The number of nitrogens with two attached hydrogens (primary N) is 1. The van der Waals surface area contributed by atoms with Crippen molar-refractivity contribution in [2.45, 2.75) is 38.3 Å². The van der Waals surface area contributed by atoms with Gasteiger partial charge in [0, 0.05) is 12.6 Å². The van der Waals surface area contributed by atoms with E-state index in [1.54, 1.807) is 6.26 Å². The quantitative estimate of drug-likeness (QED) is 0.841. The predicted octanol–water partition coefficient (Wildman–Crippen LogP) is 1.27. The summed E-state index contributed by atoms with van der Waals surface area (Å²) in [5, 5.41) is 2.96. The molecule has 0 aliphatic carbocycles. The van der Waals surface area contributed by atoms with Crippen molar-refractivity contribution in [3.05, 3.63) is 24.2 Å². The van der Waals surface area contributed by atoms with Gasteiger partial charge in [0.05, 0.1) is 18.8 Å². The molecule has 5 nitrogen and oxygen atoms in total. The van der Waals surface area contributed by atoms with Crippen LogP contribution in [0.15, 0.2) is 22.8 Å². The fraction of sp³-hybridized carbons (Fsp3) is 0.643. The summed E-state index contributed by atoms with van der Waals surface area (Å²) in [6.45, 7) is 3.94. The summed E-state index contributed by atoms with van der Waals surface area (Å²) >= 11 is 0. The second-order valence-corrected chi connectivity index (χ2v) is 5.16. The van der Waals surface area contributed by atoms with Crippen molar-refractivity contribution in [2.75, 3.05) is 19.6 Å². The van der Waals surface area contributed by atoms with Gasteiger partial charge < -0.3 is 15.5 Å². The van der Waals surface area contributed by atoms with Gasteiger partial charge in [-0.25, -0.2) is 0 Å². The molecule has 1 fully saturated rings. The molecule has 1 amide bonds. The third-order valence-corrected chi connectivity index (χ3v) is 3.72. The molecular formula is C14H23N3O2. The van der Waals surface area contributed by atoms with Crippen LogP contribution in [0.3, 0.4) is 0 Å². The number of nitrogens with one attached hydrogen (secondary N) is 1. The smallest absolute Gasteiger partial charge is 0.234 e. The van der Waals surface area contributed by atoms with Crippen LogP contribution in [-0.4, -0.2) is 36.5 Å². The van der Waals surface area contributed by atoms with E-state index in [1.165, 1.54) is 6.42 Å². The lowest BCUT2D eigenvalue weighted by Crippen LogP contribution is -2.48. The van der Waals surface area contributed by atoms with Gasteiger partial charge in [-0.2, -0.15) is 0 Å². The Bertz CT molecular complexity index is 391. The summed E-state index contributed by atoms with van der Waals surface area (Å²) in [7, 11) is 0. The highest BCUT2D eigenvalue weighted by Crippen LogP contribution is 2.16. The first-order chi connectivity index (χ1) is 9.20. The molecule has 1 saturated heterocycles. The monoisotopic (exact) mass is 265 g/mol. The maximum atomic E-state index is 12.0. The number of carbonyl (C=O) groups excluding carboxylic acids is 1. The molecule has 1 aliphatic heterocycles. The van der Waals surface area contributed by atoms with Crippen molar-refractivity contribution in [1.29, 1.82) is 0 Å². The third-order valence-electron chi connectivity index (χ3n) is 3.72. The Morgan fingerprint density at radius 2 is 2.47 bits per heavy atom. The lowest BCUT2D eigenvalue weighted by atomic mass is 10.0. The molecule has 0 bridgehead atoms. The topological polar surface area (TPSA) is 71.5 Å². The lowest BCUT2D eigenvalue weighted by Gasteiger charge is -2.34. The van der Waals surface area contributed by atoms with Gasteiger partial charge in [-0.15, -0.1) is 0 Å². The second-order valence-electron chi connectivity index (χ2n) is 5.16. The molecule has 0 saturated carbocycles. The van der Waals surface area contributed by atoms with Crippen molar-refractivity contribution in [3.8, 4) is 0 Å². The molecule has 2 heterocycles. The number of piperidine rings is 1. The van der Waals surface area contributed by atoms with E-state index in [0.29, 0.717) is 19.1 Å². The van der Waals surface area contributed by atoms with Crippen LogP contribution in [0.2, 0.25) is 0 Å². The van der Waals surface area contributed by atoms with Crippen molar-refractivity contribution in [2.24, 2.45) is 5.73 Å². The summed E-state index contributed by atoms with van der Waals surface area (Å²) in [4.78, 5) is 14.2. The summed E-state index contributed by atoms with van der Waals surface area (Å²) in [6, 6.07) is 3.95. The molecule has 5 heteroatoms. The zero-order valence-corrected chi connectivity index (χ0v) is 11.5. The summed E-state index contributed by atoms with van der Waals surface area (Å²) < 4.78 is 5.28. The Labute approximate surface area is 114 Å². The standard InChI is InChI=1S/C14H23N3O2/c1-11(13-6-4-8-19-13)16-14(18)10-17-7-3-2-5-12(17)9-15/h4,6,8,11-12H,2-3,5,7,9-10,15H2,1H3,(H,16,18). The largest absolute Gasteiger partial charge is 0.467 e. The number of likely N-dealkylation sites (tertiary alicyclic amines) is 1. The molecule has 0 radical (unpaired) electrons. The van der Waals surface area contributed by atoms with Gasteiger partial charge in [-0.05, 0) is 38.4 Å². The molecule has 2 rings (SSSR count). The fourth-order valence-corrected chi connectivity index (χ4v) is 2.62. The summed E-state index contributed by atoms with van der Waals surface area (Å²) in [5.41, 5.74) is 5.76. The first kappa shape index (κ1) is 14.1. The third kappa shape index (κ3) is 3.81. The molecule has 1 aromatic rings. The zero-order valence-electron chi connectivity index (χ0n) is 11.5. The number of amides is 1. The molecule has 0 aromatic carbocycles. The number of carbonyl (C=O) groups is 1. The van der Waals surface area contributed by atoms with Crippen LogP contribution in [0.25, 0.3) is 0 Å². The number of hydrogen-bond acceptors (Lipinski definition) is 4. The minimum atomic E-state index is -0.0939. The van der Waals surface area contributed by atoms with E-state index in [4.69, 9.17) is 10.2 Å². The minimum Gasteiger partial charge on any atom is -0.467 e. The summed E-state index contributed by atoms with van der Waals surface area (Å²) in [6.07, 6.45) is 5.07. The van der Waals surface area contributed by atoms with Crippen molar-refractivity contribution in [1.82, 2.24) is 10.2 Å². The zero-order chi connectivity index (χ0) is 13.7. The van der Waals surface area contributed by atoms with Gasteiger partial charge >= 0.3 is 0 Å². The van der Waals surface area contributed by atoms with Crippen molar-refractivity contribution >= 4 is 5.91 Å². The van der Waals surface area contributed by atoms with Gasteiger partial charge in [0.1, 0.15) is 5.76 Å². The maximum Gasteiger partial charge on any atom is 0.234 e. The van der Waals surface area contributed by atoms with Crippen molar-refractivity contribution < 1.29 is 9.21 Å². The van der Waals surface area contributed by atoms with Gasteiger partial charge in [0.15, 0.2) is 0 Å². The predicted molar refractivity (Wildman–Crippen MR) is 73.5 cm³/mol. The Kier molecular flexibility index (Phi) is 4.99. The van der Waals surface area contributed by atoms with Crippen LogP contribution >= 0.6 is 0 Å². The molecule has 2 unspecified atom stereocenters. The van der Waals surface area contributed by atoms with E-state index < -0.39 is 0 Å². The Morgan fingerprint density at radius 3 is 3.16 bits per heavy atom. The highest BCUT2D eigenvalue weighted by atomic mass is 16.3. The van der Waals surface area contributed by atoms with Gasteiger partial charge in [-0.1, -0.05) is 6.42 Å². The lowest BCUT2D eigenvalue weighted by molar-refractivity contribution is -0.123. The fourth-order valence-electron chi connectivity index (χ4n) is 2.62. The Morgan fingerprint density at radius 1 is 1.63 bits per heavy atom. The molecular weight excluding hydrogens is 242 g/mol. The molecule has 3 N–H and O–H groups in total. The Hall–Kier alpha value is -1.33. The normalized spacial score (nSPS) is 22.1.